The molecule has 8 nitrogen and oxygen atoms in total. The van der Waals surface area contributed by atoms with Crippen molar-refractivity contribution in [3.8, 4) is 10.6 Å². The van der Waals surface area contributed by atoms with Crippen molar-refractivity contribution in [2.75, 3.05) is 52.5 Å². The molecule has 0 bridgehead atoms. The number of carbonyl (C=O) groups excluding carboxylic acids is 2. The van der Waals surface area contributed by atoms with Crippen LogP contribution >= 0.6 is 11.3 Å². The highest BCUT2D eigenvalue weighted by Gasteiger charge is 2.28. The lowest BCUT2D eigenvalue weighted by Gasteiger charge is -2.35. The zero-order valence-corrected chi connectivity index (χ0v) is 21.1. The van der Waals surface area contributed by atoms with E-state index < -0.39 is 5.60 Å². The van der Waals surface area contributed by atoms with Gasteiger partial charge in [0, 0.05) is 56.8 Å². The third kappa shape index (κ3) is 6.77. The molecule has 9 heteroatoms. The zero-order valence-electron chi connectivity index (χ0n) is 20.3. The van der Waals surface area contributed by atoms with E-state index in [0.717, 1.165) is 49.1 Å². The van der Waals surface area contributed by atoms with Crippen LogP contribution < -0.4 is 0 Å². The van der Waals surface area contributed by atoms with Crippen LogP contribution in [0.4, 0.5) is 4.79 Å². The van der Waals surface area contributed by atoms with E-state index in [0.29, 0.717) is 26.2 Å². The van der Waals surface area contributed by atoms with Crippen molar-refractivity contribution in [3.05, 3.63) is 40.9 Å². The maximum Gasteiger partial charge on any atom is 0.410 e. The molecule has 2 amide bonds. The van der Waals surface area contributed by atoms with Gasteiger partial charge in [-0.25, -0.2) is 9.78 Å². The van der Waals surface area contributed by atoms with Crippen LogP contribution in [-0.4, -0.2) is 89.8 Å². The van der Waals surface area contributed by atoms with Gasteiger partial charge in [0.1, 0.15) is 10.6 Å². The molecule has 34 heavy (non-hydrogen) atoms. The average Bonchev–Trinajstić information content (AvgIpc) is 3.27. The fraction of sp³-hybridized carbons (Fsp3) is 0.560. The largest absolute Gasteiger partial charge is 0.444 e. The normalized spacial score (nSPS) is 17.6. The van der Waals surface area contributed by atoms with E-state index >= 15 is 0 Å². The molecule has 0 aliphatic carbocycles. The van der Waals surface area contributed by atoms with Crippen LogP contribution in [0.15, 0.2) is 29.6 Å². The van der Waals surface area contributed by atoms with Crippen molar-refractivity contribution < 1.29 is 19.1 Å². The number of piperazine rings is 1. The Morgan fingerprint density at radius 1 is 1.06 bits per heavy atom. The van der Waals surface area contributed by atoms with Gasteiger partial charge in [0.25, 0.3) is 0 Å². The standard InChI is InChI=1S/C25H34N4O4S/c1-25(2,3)33-24(31)29-9-7-28(8-10-29)22(30)16-21-18-34-23(26-21)20-6-4-5-19(15-20)17-27-11-13-32-14-12-27/h4-6,15,18H,7-14,16-17H2,1-3H3. The number of hydrogen-bond acceptors (Lipinski definition) is 7. The molecule has 2 aromatic rings. The van der Waals surface area contributed by atoms with Crippen molar-refractivity contribution in [2.45, 2.75) is 39.3 Å². The minimum Gasteiger partial charge on any atom is -0.444 e. The monoisotopic (exact) mass is 486 g/mol. The number of hydrogen-bond donors (Lipinski definition) is 0. The Kier molecular flexibility index (Phi) is 7.85. The van der Waals surface area contributed by atoms with Gasteiger partial charge < -0.3 is 19.3 Å². The summed E-state index contributed by atoms with van der Waals surface area (Å²) in [6.07, 6.45) is -0.0456. The molecule has 4 rings (SSSR count). The second-order valence-corrected chi connectivity index (χ2v) is 10.6. The molecule has 0 atom stereocenters. The summed E-state index contributed by atoms with van der Waals surface area (Å²) in [6.45, 7) is 12.0. The molecule has 2 fully saturated rings. The number of carbonyl (C=O) groups is 2. The van der Waals surface area contributed by atoms with E-state index in [2.05, 4.69) is 29.2 Å². The summed E-state index contributed by atoms with van der Waals surface area (Å²) in [4.78, 5) is 35.7. The number of aromatic nitrogens is 1. The molecule has 0 saturated carbocycles. The van der Waals surface area contributed by atoms with Gasteiger partial charge in [-0.15, -0.1) is 11.3 Å². The zero-order chi connectivity index (χ0) is 24.1. The Bertz CT molecular complexity index is 989. The van der Waals surface area contributed by atoms with Crippen LogP contribution in [0.1, 0.15) is 32.0 Å². The molecule has 184 valence electrons. The molecule has 2 aliphatic rings. The minimum atomic E-state index is -0.519. The van der Waals surface area contributed by atoms with Gasteiger partial charge >= 0.3 is 6.09 Å². The molecule has 3 heterocycles. The number of nitrogens with zero attached hydrogens (tertiary/aromatic N) is 4. The molecule has 1 aromatic carbocycles. The third-order valence-corrected chi connectivity index (χ3v) is 6.79. The molecule has 0 unspecified atom stereocenters. The van der Waals surface area contributed by atoms with Gasteiger partial charge in [-0.3, -0.25) is 9.69 Å². The SMILES string of the molecule is CC(C)(C)OC(=O)N1CCN(C(=O)Cc2csc(-c3cccc(CN4CCOCC4)c3)n2)CC1. The van der Waals surface area contributed by atoms with Gasteiger partial charge in [-0.2, -0.15) is 0 Å². The third-order valence-electron chi connectivity index (χ3n) is 5.85. The number of thiazole rings is 1. The number of amides is 2. The average molecular weight is 487 g/mol. The fourth-order valence-corrected chi connectivity index (χ4v) is 4.89. The van der Waals surface area contributed by atoms with Crippen molar-refractivity contribution in [1.29, 1.82) is 0 Å². The summed E-state index contributed by atoms with van der Waals surface area (Å²) in [5, 5.41) is 2.90. The van der Waals surface area contributed by atoms with Crippen LogP contribution in [0.3, 0.4) is 0 Å². The predicted octanol–water partition coefficient (Wildman–Crippen LogP) is 3.26. The highest BCUT2D eigenvalue weighted by molar-refractivity contribution is 7.13. The summed E-state index contributed by atoms with van der Waals surface area (Å²) in [5.74, 6) is 0.0433. The molecule has 1 aromatic heterocycles. The summed E-state index contributed by atoms with van der Waals surface area (Å²) < 4.78 is 10.9. The second kappa shape index (κ2) is 10.8. The van der Waals surface area contributed by atoms with Crippen LogP contribution in [0.5, 0.6) is 0 Å². The maximum atomic E-state index is 12.8. The number of benzene rings is 1. The number of rotatable bonds is 5. The first-order valence-corrected chi connectivity index (χ1v) is 12.7. The molecular formula is C25H34N4O4S. The topological polar surface area (TPSA) is 75.2 Å². The van der Waals surface area contributed by atoms with Gasteiger partial charge in [-0.05, 0) is 32.4 Å². The molecule has 0 radical (unpaired) electrons. The van der Waals surface area contributed by atoms with E-state index in [1.165, 1.54) is 5.56 Å². The smallest absolute Gasteiger partial charge is 0.410 e. The second-order valence-electron chi connectivity index (χ2n) is 9.76. The Balaban J connectivity index is 1.30. The summed E-state index contributed by atoms with van der Waals surface area (Å²) >= 11 is 1.57. The first kappa shape index (κ1) is 24.6. The summed E-state index contributed by atoms with van der Waals surface area (Å²) in [7, 11) is 0. The van der Waals surface area contributed by atoms with Crippen LogP contribution in [0, 0.1) is 0 Å². The number of morpholine rings is 1. The molecule has 0 spiro atoms. The van der Waals surface area contributed by atoms with Crippen molar-refractivity contribution in [3.63, 3.8) is 0 Å². The molecular weight excluding hydrogens is 452 g/mol. The van der Waals surface area contributed by atoms with Crippen LogP contribution in [-0.2, 0) is 27.2 Å². The van der Waals surface area contributed by atoms with Crippen LogP contribution in [0.25, 0.3) is 10.6 Å². The fourth-order valence-electron chi connectivity index (χ4n) is 4.07. The summed E-state index contributed by atoms with van der Waals surface area (Å²) in [6, 6.07) is 8.48. The Hall–Kier alpha value is -2.49. The molecule has 2 aliphatic heterocycles. The highest BCUT2D eigenvalue weighted by atomic mass is 32.1. The number of ether oxygens (including phenoxy) is 2. The van der Waals surface area contributed by atoms with E-state index in [1.54, 1.807) is 16.2 Å². The quantitative estimate of drug-likeness (QED) is 0.646. The van der Waals surface area contributed by atoms with E-state index in [-0.39, 0.29) is 18.4 Å². The molecule has 2 saturated heterocycles. The Morgan fingerprint density at radius 2 is 1.76 bits per heavy atom. The van der Waals surface area contributed by atoms with Crippen LogP contribution in [0.2, 0.25) is 0 Å². The first-order chi connectivity index (χ1) is 16.3. The predicted molar refractivity (Wildman–Crippen MR) is 132 cm³/mol. The van der Waals surface area contributed by atoms with E-state index in [4.69, 9.17) is 14.5 Å². The molecule has 0 N–H and O–H groups in total. The lowest BCUT2D eigenvalue weighted by atomic mass is 10.1. The highest BCUT2D eigenvalue weighted by Crippen LogP contribution is 2.25. The maximum absolute atomic E-state index is 12.8. The Labute approximate surface area is 205 Å². The van der Waals surface area contributed by atoms with Crippen molar-refractivity contribution in [1.82, 2.24) is 19.7 Å². The van der Waals surface area contributed by atoms with Gasteiger partial charge in [0.2, 0.25) is 5.91 Å². The Morgan fingerprint density at radius 3 is 2.47 bits per heavy atom. The van der Waals surface area contributed by atoms with E-state index in [9.17, 15) is 9.59 Å². The van der Waals surface area contributed by atoms with Crippen molar-refractivity contribution >= 4 is 23.3 Å². The minimum absolute atomic E-state index is 0.0433. The summed E-state index contributed by atoms with van der Waals surface area (Å²) in [5.41, 5.74) is 2.61. The lowest BCUT2D eigenvalue weighted by Crippen LogP contribution is -2.52. The van der Waals surface area contributed by atoms with Gasteiger partial charge in [0.05, 0.1) is 25.3 Å². The van der Waals surface area contributed by atoms with Crippen molar-refractivity contribution in [2.24, 2.45) is 0 Å². The van der Waals surface area contributed by atoms with Gasteiger partial charge in [0.15, 0.2) is 0 Å². The first-order valence-electron chi connectivity index (χ1n) is 11.9. The van der Waals surface area contributed by atoms with E-state index in [1.807, 2.05) is 31.1 Å². The lowest BCUT2D eigenvalue weighted by molar-refractivity contribution is -0.132. The van der Waals surface area contributed by atoms with Gasteiger partial charge in [-0.1, -0.05) is 18.2 Å².